The molecule has 3 rings (SSSR count). The topological polar surface area (TPSA) is 58.2 Å². The number of carbonyl (C=O) groups is 2. The second kappa shape index (κ2) is 7.28. The van der Waals surface area contributed by atoms with Crippen LogP contribution in [-0.4, -0.2) is 11.8 Å². The summed E-state index contributed by atoms with van der Waals surface area (Å²) in [5.74, 6) is -0.396. The Kier molecular flexibility index (Phi) is 5.09. The second-order valence-corrected chi connectivity index (χ2v) is 7.00. The minimum Gasteiger partial charge on any atom is -0.351 e. The van der Waals surface area contributed by atoms with Crippen molar-refractivity contribution in [2.45, 2.75) is 32.9 Å². The summed E-state index contributed by atoms with van der Waals surface area (Å²) in [4.78, 5) is 25.0. The van der Waals surface area contributed by atoms with Crippen LogP contribution in [0.4, 0.5) is 0 Å². The number of hydrogen-bond donors (Lipinski definition) is 2. The molecule has 0 aliphatic heterocycles. The van der Waals surface area contributed by atoms with Crippen LogP contribution >= 0.6 is 11.6 Å². The summed E-state index contributed by atoms with van der Waals surface area (Å²) in [5, 5.41) is 6.42. The van der Waals surface area contributed by atoms with Gasteiger partial charge in [0.15, 0.2) is 0 Å². The van der Waals surface area contributed by atoms with Gasteiger partial charge in [0.05, 0.1) is 0 Å². The number of nitrogens with one attached hydrogen (secondary N) is 2. The van der Waals surface area contributed by atoms with Crippen molar-refractivity contribution in [3.05, 3.63) is 70.2 Å². The Labute approximate surface area is 152 Å². The van der Waals surface area contributed by atoms with E-state index in [1.165, 1.54) is 0 Å². The Morgan fingerprint density at radius 2 is 1.56 bits per heavy atom. The SMILES string of the molecule is Cc1cccc(CNC(=O)C2(C(=O)NCc3ccc(Cl)cc3)CC2)c1. The number of amides is 2. The average molecular weight is 357 g/mol. The monoisotopic (exact) mass is 356 g/mol. The highest BCUT2D eigenvalue weighted by molar-refractivity contribution is 6.30. The minimum atomic E-state index is -0.906. The van der Waals surface area contributed by atoms with Crippen LogP contribution in [0.15, 0.2) is 48.5 Å². The zero-order valence-corrected chi connectivity index (χ0v) is 14.9. The smallest absolute Gasteiger partial charge is 0.235 e. The third-order valence-corrected chi connectivity index (χ3v) is 4.77. The summed E-state index contributed by atoms with van der Waals surface area (Å²) in [5.41, 5.74) is 2.23. The Hall–Kier alpha value is -2.33. The number of halogens is 1. The molecule has 2 N–H and O–H groups in total. The lowest BCUT2D eigenvalue weighted by Gasteiger charge is -2.15. The van der Waals surface area contributed by atoms with Crippen LogP contribution < -0.4 is 10.6 Å². The highest BCUT2D eigenvalue weighted by Crippen LogP contribution is 2.46. The average Bonchev–Trinajstić information content (AvgIpc) is 3.41. The zero-order chi connectivity index (χ0) is 17.9. The van der Waals surface area contributed by atoms with Gasteiger partial charge in [-0.1, -0.05) is 53.6 Å². The van der Waals surface area contributed by atoms with Gasteiger partial charge in [-0.3, -0.25) is 9.59 Å². The molecule has 1 aliphatic carbocycles. The molecule has 2 aromatic rings. The largest absolute Gasteiger partial charge is 0.351 e. The normalized spacial score (nSPS) is 14.6. The van der Waals surface area contributed by atoms with Crippen molar-refractivity contribution in [1.82, 2.24) is 10.6 Å². The van der Waals surface area contributed by atoms with E-state index in [0.29, 0.717) is 31.0 Å². The van der Waals surface area contributed by atoms with Gasteiger partial charge in [-0.2, -0.15) is 0 Å². The molecule has 1 aliphatic rings. The molecule has 0 atom stereocenters. The molecule has 0 heterocycles. The van der Waals surface area contributed by atoms with Crippen LogP contribution in [-0.2, 0) is 22.7 Å². The Bertz CT molecular complexity index is 783. The van der Waals surface area contributed by atoms with E-state index in [1.807, 2.05) is 43.3 Å². The van der Waals surface area contributed by atoms with E-state index >= 15 is 0 Å². The van der Waals surface area contributed by atoms with E-state index < -0.39 is 5.41 Å². The quantitative estimate of drug-likeness (QED) is 0.780. The molecule has 0 unspecified atom stereocenters. The van der Waals surface area contributed by atoms with Crippen molar-refractivity contribution < 1.29 is 9.59 Å². The third kappa shape index (κ3) is 4.20. The molecule has 0 radical (unpaired) electrons. The van der Waals surface area contributed by atoms with Gasteiger partial charge >= 0.3 is 0 Å². The van der Waals surface area contributed by atoms with Gasteiger partial charge in [0.25, 0.3) is 0 Å². The first kappa shape index (κ1) is 17.5. The lowest BCUT2D eigenvalue weighted by Crippen LogP contribution is -2.42. The maximum Gasteiger partial charge on any atom is 0.235 e. The van der Waals surface area contributed by atoms with Crippen LogP contribution in [0.2, 0.25) is 5.02 Å². The molecule has 2 aromatic carbocycles. The molecule has 130 valence electrons. The molecule has 0 saturated heterocycles. The van der Waals surface area contributed by atoms with Gasteiger partial charge in [-0.25, -0.2) is 0 Å². The standard InChI is InChI=1S/C20H21ClN2O2/c1-14-3-2-4-16(11-14)13-23-19(25)20(9-10-20)18(24)22-12-15-5-7-17(21)8-6-15/h2-8,11H,9-10,12-13H2,1H3,(H,22,24)(H,23,25). The summed E-state index contributed by atoms with van der Waals surface area (Å²) in [6, 6.07) is 15.3. The lowest BCUT2D eigenvalue weighted by atomic mass is 10.0. The van der Waals surface area contributed by atoms with Gasteiger partial charge in [0, 0.05) is 18.1 Å². The molecule has 25 heavy (non-hydrogen) atoms. The van der Waals surface area contributed by atoms with Gasteiger partial charge in [-0.15, -0.1) is 0 Å². The van der Waals surface area contributed by atoms with E-state index in [1.54, 1.807) is 12.1 Å². The van der Waals surface area contributed by atoms with Crippen LogP contribution in [0, 0.1) is 12.3 Å². The molecule has 1 saturated carbocycles. The number of carbonyl (C=O) groups excluding carboxylic acids is 2. The number of benzene rings is 2. The van der Waals surface area contributed by atoms with Crippen molar-refractivity contribution in [1.29, 1.82) is 0 Å². The van der Waals surface area contributed by atoms with E-state index in [2.05, 4.69) is 10.6 Å². The Morgan fingerprint density at radius 1 is 0.960 bits per heavy atom. The molecule has 1 fully saturated rings. The first-order valence-electron chi connectivity index (χ1n) is 8.36. The number of hydrogen-bond acceptors (Lipinski definition) is 2. The highest BCUT2D eigenvalue weighted by Gasteiger charge is 2.56. The summed E-state index contributed by atoms with van der Waals surface area (Å²) < 4.78 is 0. The fourth-order valence-electron chi connectivity index (χ4n) is 2.81. The second-order valence-electron chi connectivity index (χ2n) is 6.56. The zero-order valence-electron chi connectivity index (χ0n) is 14.1. The third-order valence-electron chi connectivity index (χ3n) is 4.52. The summed E-state index contributed by atoms with van der Waals surface area (Å²) >= 11 is 5.85. The van der Waals surface area contributed by atoms with Crippen LogP contribution in [0.5, 0.6) is 0 Å². The molecule has 0 aromatic heterocycles. The molecule has 4 nitrogen and oxygen atoms in total. The number of aryl methyl sites for hydroxylation is 1. The van der Waals surface area contributed by atoms with Crippen LogP contribution in [0.1, 0.15) is 29.5 Å². The molecular weight excluding hydrogens is 336 g/mol. The minimum absolute atomic E-state index is 0.192. The number of rotatable bonds is 6. The van der Waals surface area contributed by atoms with Gasteiger partial charge in [-0.05, 0) is 43.0 Å². The van der Waals surface area contributed by atoms with Gasteiger partial charge < -0.3 is 10.6 Å². The van der Waals surface area contributed by atoms with Crippen molar-refractivity contribution in [2.24, 2.45) is 5.41 Å². The molecule has 0 bridgehead atoms. The first-order valence-corrected chi connectivity index (χ1v) is 8.74. The van der Waals surface area contributed by atoms with Crippen molar-refractivity contribution in [3.63, 3.8) is 0 Å². The summed E-state index contributed by atoms with van der Waals surface area (Å²) in [6.45, 7) is 2.84. The van der Waals surface area contributed by atoms with Crippen LogP contribution in [0.25, 0.3) is 0 Å². The predicted molar refractivity (Wildman–Crippen MR) is 98.0 cm³/mol. The molecule has 5 heteroatoms. The fraction of sp³-hybridized carbons (Fsp3) is 0.300. The molecule has 2 amide bonds. The summed E-state index contributed by atoms with van der Waals surface area (Å²) in [6.07, 6.45) is 1.19. The van der Waals surface area contributed by atoms with Crippen molar-refractivity contribution in [2.75, 3.05) is 0 Å². The lowest BCUT2D eigenvalue weighted by molar-refractivity contribution is -0.137. The van der Waals surface area contributed by atoms with Crippen molar-refractivity contribution in [3.8, 4) is 0 Å². The summed E-state index contributed by atoms with van der Waals surface area (Å²) in [7, 11) is 0. The first-order chi connectivity index (χ1) is 12.0. The fourth-order valence-corrected chi connectivity index (χ4v) is 2.94. The van der Waals surface area contributed by atoms with E-state index in [-0.39, 0.29) is 11.8 Å². The van der Waals surface area contributed by atoms with Crippen LogP contribution in [0.3, 0.4) is 0 Å². The Morgan fingerprint density at radius 3 is 2.12 bits per heavy atom. The van der Waals surface area contributed by atoms with E-state index in [9.17, 15) is 9.59 Å². The predicted octanol–water partition coefficient (Wildman–Crippen LogP) is 3.36. The van der Waals surface area contributed by atoms with Gasteiger partial charge in [0.1, 0.15) is 5.41 Å². The van der Waals surface area contributed by atoms with E-state index in [0.717, 1.165) is 16.7 Å². The molecular formula is C20H21ClN2O2. The molecule has 0 spiro atoms. The van der Waals surface area contributed by atoms with Crippen molar-refractivity contribution >= 4 is 23.4 Å². The maximum atomic E-state index is 12.5. The van der Waals surface area contributed by atoms with E-state index in [4.69, 9.17) is 11.6 Å². The maximum absolute atomic E-state index is 12.5. The highest BCUT2D eigenvalue weighted by atomic mass is 35.5. The Balaban J connectivity index is 1.54. The van der Waals surface area contributed by atoms with Gasteiger partial charge in [0.2, 0.25) is 11.8 Å².